The lowest BCUT2D eigenvalue weighted by Gasteiger charge is -2.36. The molecule has 0 N–H and O–H groups in total. The SMILES string of the molecule is C[C@@H](Oc1ccc([N+](=O)[O-])cc1)C(=O)N1CCN(C(=O)[C@@H]2CCCO2)CC1. The predicted molar refractivity (Wildman–Crippen MR) is 95.3 cm³/mol. The van der Waals surface area contributed by atoms with Gasteiger partial charge in [-0.25, -0.2) is 0 Å². The fourth-order valence-corrected chi connectivity index (χ4v) is 3.28. The zero-order valence-corrected chi connectivity index (χ0v) is 15.2. The van der Waals surface area contributed by atoms with Crippen molar-refractivity contribution < 1.29 is 24.0 Å². The topological polar surface area (TPSA) is 102 Å². The van der Waals surface area contributed by atoms with Gasteiger partial charge in [0.1, 0.15) is 11.9 Å². The first kappa shape index (κ1) is 19.1. The van der Waals surface area contributed by atoms with Crippen molar-refractivity contribution in [1.82, 2.24) is 9.80 Å². The summed E-state index contributed by atoms with van der Waals surface area (Å²) in [5.74, 6) is 0.237. The second kappa shape index (κ2) is 8.34. The van der Waals surface area contributed by atoms with Crippen LogP contribution in [-0.4, -0.2) is 71.5 Å². The van der Waals surface area contributed by atoms with Crippen LogP contribution in [0.3, 0.4) is 0 Å². The summed E-state index contributed by atoms with van der Waals surface area (Å²) in [6.07, 6.45) is 0.619. The summed E-state index contributed by atoms with van der Waals surface area (Å²) in [7, 11) is 0. The third kappa shape index (κ3) is 4.54. The smallest absolute Gasteiger partial charge is 0.269 e. The third-order valence-electron chi connectivity index (χ3n) is 4.82. The van der Waals surface area contributed by atoms with Crippen LogP contribution in [0.5, 0.6) is 5.75 Å². The van der Waals surface area contributed by atoms with Crippen LogP contribution < -0.4 is 4.74 Å². The maximum atomic E-state index is 12.6. The van der Waals surface area contributed by atoms with E-state index in [1.807, 2.05) is 0 Å². The quantitative estimate of drug-likeness (QED) is 0.565. The third-order valence-corrected chi connectivity index (χ3v) is 4.82. The van der Waals surface area contributed by atoms with Crippen molar-refractivity contribution in [2.24, 2.45) is 0 Å². The Kier molecular flexibility index (Phi) is 5.90. The summed E-state index contributed by atoms with van der Waals surface area (Å²) in [5.41, 5.74) is -0.0339. The van der Waals surface area contributed by atoms with E-state index in [2.05, 4.69) is 0 Å². The number of ether oxygens (including phenoxy) is 2. The van der Waals surface area contributed by atoms with Gasteiger partial charge in [-0.15, -0.1) is 0 Å². The van der Waals surface area contributed by atoms with Crippen LogP contribution in [0.15, 0.2) is 24.3 Å². The van der Waals surface area contributed by atoms with Gasteiger partial charge in [0.2, 0.25) is 0 Å². The van der Waals surface area contributed by atoms with Gasteiger partial charge in [0.05, 0.1) is 4.92 Å². The van der Waals surface area contributed by atoms with E-state index in [1.54, 1.807) is 16.7 Å². The molecule has 2 aliphatic heterocycles. The lowest BCUT2D eigenvalue weighted by atomic mass is 10.2. The van der Waals surface area contributed by atoms with Crippen molar-refractivity contribution in [2.75, 3.05) is 32.8 Å². The number of benzene rings is 1. The van der Waals surface area contributed by atoms with E-state index in [4.69, 9.17) is 9.47 Å². The zero-order chi connectivity index (χ0) is 19.4. The molecule has 2 aliphatic rings. The Hall–Kier alpha value is -2.68. The lowest BCUT2D eigenvalue weighted by Crippen LogP contribution is -2.54. The first-order chi connectivity index (χ1) is 13.0. The van der Waals surface area contributed by atoms with Crippen LogP contribution in [0.1, 0.15) is 19.8 Å². The molecule has 0 aromatic heterocycles. The second-order valence-corrected chi connectivity index (χ2v) is 6.66. The van der Waals surface area contributed by atoms with E-state index in [0.29, 0.717) is 38.5 Å². The largest absolute Gasteiger partial charge is 0.481 e. The molecule has 2 saturated heterocycles. The number of hydrogen-bond acceptors (Lipinski definition) is 6. The molecule has 2 atom stereocenters. The number of hydrogen-bond donors (Lipinski definition) is 0. The van der Waals surface area contributed by atoms with E-state index in [-0.39, 0.29) is 23.6 Å². The molecule has 2 amide bonds. The molecular weight excluding hydrogens is 354 g/mol. The van der Waals surface area contributed by atoms with Crippen molar-refractivity contribution in [1.29, 1.82) is 0 Å². The average molecular weight is 377 g/mol. The van der Waals surface area contributed by atoms with Crippen molar-refractivity contribution in [3.05, 3.63) is 34.4 Å². The lowest BCUT2D eigenvalue weighted by molar-refractivity contribution is -0.384. The summed E-state index contributed by atoms with van der Waals surface area (Å²) in [5, 5.41) is 10.7. The van der Waals surface area contributed by atoms with E-state index in [1.165, 1.54) is 24.3 Å². The van der Waals surface area contributed by atoms with E-state index in [9.17, 15) is 19.7 Å². The Morgan fingerprint density at radius 1 is 1.19 bits per heavy atom. The van der Waals surface area contributed by atoms with E-state index < -0.39 is 11.0 Å². The fourth-order valence-electron chi connectivity index (χ4n) is 3.28. The molecule has 27 heavy (non-hydrogen) atoms. The molecule has 0 bridgehead atoms. The van der Waals surface area contributed by atoms with Gasteiger partial charge in [-0.3, -0.25) is 19.7 Å². The molecular formula is C18H23N3O6. The van der Waals surface area contributed by atoms with Gasteiger partial charge in [0.15, 0.2) is 6.10 Å². The van der Waals surface area contributed by atoms with Gasteiger partial charge >= 0.3 is 0 Å². The number of carbonyl (C=O) groups excluding carboxylic acids is 2. The number of carbonyl (C=O) groups is 2. The van der Waals surface area contributed by atoms with Crippen LogP contribution in [0.25, 0.3) is 0 Å². The molecule has 9 nitrogen and oxygen atoms in total. The Morgan fingerprint density at radius 2 is 1.81 bits per heavy atom. The van der Waals surface area contributed by atoms with E-state index in [0.717, 1.165) is 12.8 Å². The highest BCUT2D eigenvalue weighted by molar-refractivity contribution is 5.83. The van der Waals surface area contributed by atoms with Crippen LogP contribution >= 0.6 is 0 Å². The number of nitro groups is 1. The minimum absolute atomic E-state index is 0.00905. The van der Waals surface area contributed by atoms with Crippen LogP contribution in [-0.2, 0) is 14.3 Å². The number of nitrogens with zero attached hydrogens (tertiary/aromatic N) is 3. The number of rotatable bonds is 5. The van der Waals surface area contributed by atoms with E-state index >= 15 is 0 Å². The zero-order valence-electron chi connectivity index (χ0n) is 15.2. The number of amides is 2. The van der Waals surface area contributed by atoms with Crippen molar-refractivity contribution >= 4 is 17.5 Å². The molecule has 9 heteroatoms. The fraction of sp³-hybridized carbons (Fsp3) is 0.556. The molecule has 2 heterocycles. The molecule has 0 aliphatic carbocycles. The van der Waals surface area contributed by atoms with Gasteiger partial charge in [0, 0.05) is 44.9 Å². The molecule has 0 saturated carbocycles. The number of non-ortho nitro benzene ring substituents is 1. The van der Waals surface area contributed by atoms with Gasteiger partial charge in [-0.05, 0) is 31.9 Å². The molecule has 0 spiro atoms. The van der Waals surface area contributed by atoms with Crippen molar-refractivity contribution in [2.45, 2.75) is 32.0 Å². The Bertz CT molecular complexity index is 694. The summed E-state index contributed by atoms with van der Waals surface area (Å²) in [4.78, 5) is 38.5. The van der Waals surface area contributed by atoms with Crippen molar-refractivity contribution in [3.63, 3.8) is 0 Å². The minimum atomic E-state index is -0.716. The van der Waals surface area contributed by atoms with Crippen LogP contribution in [0, 0.1) is 10.1 Å². The minimum Gasteiger partial charge on any atom is -0.481 e. The standard InChI is InChI=1S/C18H23N3O6/c1-13(27-15-6-4-14(5-7-15)21(24)25)17(22)19-8-10-20(11-9-19)18(23)16-3-2-12-26-16/h4-7,13,16H,2-3,8-12H2,1H3/t13-,16+/m1/s1. The summed E-state index contributed by atoms with van der Waals surface area (Å²) in [6, 6.07) is 5.62. The molecule has 146 valence electrons. The summed E-state index contributed by atoms with van der Waals surface area (Å²) >= 11 is 0. The van der Waals surface area contributed by atoms with Crippen LogP contribution in [0.2, 0.25) is 0 Å². The first-order valence-corrected chi connectivity index (χ1v) is 9.06. The van der Waals surface area contributed by atoms with Gasteiger partial charge in [0.25, 0.3) is 17.5 Å². The maximum absolute atomic E-state index is 12.6. The normalized spacial score (nSPS) is 21.0. The molecule has 1 aromatic rings. The maximum Gasteiger partial charge on any atom is 0.269 e. The Morgan fingerprint density at radius 3 is 2.37 bits per heavy atom. The highest BCUT2D eigenvalue weighted by Gasteiger charge is 2.32. The Balaban J connectivity index is 1.49. The number of piperazine rings is 1. The monoisotopic (exact) mass is 377 g/mol. The Labute approximate surface area is 157 Å². The van der Waals surface area contributed by atoms with Crippen LogP contribution in [0.4, 0.5) is 5.69 Å². The van der Waals surface area contributed by atoms with Gasteiger partial charge in [-0.1, -0.05) is 0 Å². The summed E-state index contributed by atoms with van der Waals surface area (Å²) in [6.45, 7) is 4.14. The molecule has 2 fully saturated rings. The van der Waals surface area contributed by atoms with Gasteiger partial charge in [-0.2, -0.15) is 0 Å². The highest BCUT2D eigenvalue weighted by atomic mass is 16.6. The van der Waals surface area contributed by atoms with Gasteiger partial charge < -0.3 is 19.3 Å². The van der Waals surface area contributed by atoms with Crippen molar-refractivity contribution in [3.8, 4) is 5.75 Å². The number of nitro benzene ring substituents is 1. The first-order valence-electron chi connectivity index (χ1n) is 9.06. The molecule has 1 aromatic carbocycles. The predicted octanol–water partition coefficient (Wildman–Crippen LogP) is 1.21. The molecule has 0 radical (unpaired) electrons. The summed E-state index contributed by atoms with van der Waals surface area (Å²) < 4.78 is 11.0. The molecule has 3 rings (SSSR count). The highest BCUT2D eigenvalue weighted by Crippen LogP contribution is 2.20. The molecule has 0 unspecified atom stereocenters. The second-order valence-electron chi connectivity index (χ2n) is 6.66. The average Bonchev–Trinajstić information content (AvgIpc) is 3.22.